The number of benzene rings is 2. The molecule has 0 unspecified atom stereocenters. The molecule has 0 radical (unpaired) electrons. The number of hydrogen-bond donors (Lipinski definition) is 1. The van der Waals surface area contributed by atoms with E-state index in [1.807, 2.05) is 42.0 Å². The van der Waals surface area contributed by atoms with Crippen LogP contribution in [0, 0.1) is 6.92 Å². The highest BCUT2D eigenvalue weighted by Crippen LogP contribution is 2.28. The maximum Gasteiger partial charge on any atom is 0.259 e. The van der Waals surface area contributed by atoms with Crippen molar-refractivity contribution in [3.05, 3.63) is 71.8 Å². The van der Waals surface area contributed by atoms with Gasteiger partial charge in [-0.05, 0) is 30.7 Å². The van der Waals surface area contributed by atoms with Crippen LogP contribution in [-0.2, 0) is 6.54 Å². The highest BCUT2D eigenvalue weighted by Gasteiger charge is 2.18. The Labute approximate surface area is 152 Å². The summed E-state index contributed by atoms with van der Waals surface area (Å²) >= 11 is 0. The summed E-state index contributed by atoms with van der Waals surface area (Å²) in [7, 11) is 3.06. The summed E-state index contributed by atoms with van der Waals surface area (Å²) in [5, 5.41) is 2.95. The molecular weight excluding hydrogens is 330 g/mol. The quantitative estimate of drug-likeness (QED) is 0.741. The SMILES string of the molecule is COc1cccc(OC)c1C(=O)NCc1ccccc1-n1ccnc1C. The molecule has 0 bridgehead atoms. The fourth-order valence-corrected chi connectivity index (χ4v) is 2.87. The van der Waals surface area contributed by atoms with Gasteiger partial charge in [0.25, 0.3) is 5.91 Å². The van der Waals surface area contributed by atoms with E-state index in [1.54, 1.807) is 24.4 Å². The third kappa shape index (κ3) is 3.39. The molecule has 1 amide bonds. The molecule has 1 heterocycles. The molecule has 0 spiro atoms. The minimum absolute atomic E-state index is 0.253. The Balaban J connectivity index is 1.85. The number of nitrogens with zero attached hydrogens (tertiary/aromatic N) is 2. The number of rotatable bonds is 6. The van der Waals surface area contributed by atoms with Gasteiger partial charge in [0, 0.05) is 18.9 Å². The first-order chi connectivity index (χ1) is 12.7. The Morgan fingerprint density at radius 3 is 2.38 bits per heavy atom. The lowest BCUT2D eigenvalue weighted by Gasteiger charge is -2.15. The van der Waals surface area contributed by atoms with Gasteiger partial charge < -0.3 is 19.4 Å². The molecule has 6 heteroatoms. The van der Waals surface area contributed by atoms with Crippen molar-refractivity contribution < 1.29 is 14.3 Å². The van der Waals surface area contributed by atoms with E-state index >= 15 is 0 Å². The molecule has 0 saturated carbocycles. The van der Waals surface area contributed by atoms with Gasteiger partial charge in [0.15, 0.2) is 0 Å². The van der Waals surface area contributed by atoms with Crippen LogP contribution in [0.25, 0.3) is 5.69 Å². The van der Waals surface area contributed by atoms with Crippen molar-refractivity contribution in [3.8, 4) is 17.2 Å². The summed E-state index contributed by atoms with van der Waals surface area (Å²) in [4.78, 5) is 17.0. The first-order valence-electron chi connectivity index (χ1n) is 8.23. The standard InChI is InChI=1S/C20H21N3O3/c1-14-21-11-12-23(14)16-8-5-4-7-15(16)13-22-20(24)19-17(25-2)9-6-10-18(19)26-3/h4-12H,13H2,1-3H3,(H,22,24). The van der Waals surface area contributed by atoms with E-state index in [0.717, 1.165) is 17.1 Å². The average Bonchev–Trinajstić information content (AvgIpc) is 3.11. The Hall–Kier alpha value is -3.28. The fraction of sp³-hybridized carbons (Fsp3) is 0.200. The minimum Gasteiger partial charge on any atom is -0.496 e. The van der Waals surface area contributed by atoms with Crippen molar-refractivity contribution in [2.24, 2.45) is 0 Å². The van der Waals surface area contributed by atoms with Gasteiger partial charge in [-0.2, -0.15) is 0 Å². The van der Waals surface area contributed by atoms with E-state index in [1.165, 1.54) is 14.2 Å². The van der Waals surface area contributed by atoms with Gasteiger partial charge in [0.1, 0.15) is 22.9 Å². The largest absolute Gasteiger partial charge is 0.496 e. The van der Waals surface area contributed by atoms with Crippen LogP contribution < -0.4 is 14.8 Å². The molecule has 1 N–H and O–H groups in total. The molecule has 0 aliphatic carbocycles. The lowest BCUT2D eigenvalue weighted by atomic mass is 10.1. The number of hydrogen-bond acceptors (Lipinski definition) is 4. The number of carbonyl (C=O) groups is 1. The molecule has 2 aromatic carbocycles. The van der Waals surface area contributed by atoms with E-state index in [2.05, 4.69) is 10.3 Å². The topological polar surface area (TPSA) is 65.4 Å². The average molecular weight is 351 g/mol. The summed E-state index contributed by atoms with van der Waals surface area (Å²) in [6.45, 7) is 2.31. The third-order valence-corrected chi connectivity index (χ3v) is 4.17. The van der Waals surface area contributed by atoms with Gasteiger partial charge in [-0.15, -0.1) is 0 Å². The molecule has 3 rings (SSSR count). The summed E-state index contributed by atoms with van der Waals surface area (Å²) < 4.78 is 12.6. The molecule has 1 aromatic heterocycles. The van der Waals surface area contributed by atoms with Crippen molar-refractivity contribution in [1.29, 1.82) is 0 Å². The molecule has 6 nitrogen and oxygen atoms in total. The number of ether oxygens (including phenoxy) is 2. The second kappa shape index (κ2) is 7.74. The lowest BCUT2D eigenvalue weighted by molar-refractivity contribution is 0.0944. The Morgan fingerprint density at radius 1 is 1.08 bits per heavy atom. The summed E-state index contributed by atoms with van der Waals surface area (Å²) in [6, 6.07) is 13.1. The van der Waals surface area contributed by atoms with E-state index in [-0.39, 0.29) is 5.91 Å². The maximum atomic E-state index is 12.8. The van der Waals surface area contributed by atoms with Gasteiger partial charge in [0.05, 0.1) is 19.9 Å². The smallest absolute Gasteiger partial charge is 0.259 e. The molecule has 0 aliphatic heterocycles. The van der Waals surface area contributed by atoms with Crippen molar-refractivity contribution in [1.82, 2.24) is 14.9 Å². The van der Waals surface area contributed by atoms with Gasteiger partial charge in [-0.25, -0.2) is 4.98 Å². The number of amides is 1. The Bertz CT molecular complexity index is 896. The predicted molar refractivity (Wildman–Crippen MR) is 99.0 cm³/mol. The molecule has 0 aliphatic rings. The number of nitrogens with one attached hydrogen (secondary N) is 1. The number of para-hydroxylation sites is 1. The number of aromatic nitrogens is 2. The predicted octanol–water partition coefficient (Wildman–Crippen LogP) is 3.13. The second-order valence-electron chi connectivity index (χ2n) is 5.69. The summed E-state index contributed by atoms with van der Waals surface area (Å²) in [6.07, 6.45) is 3.66. The van der Waals surface area contributed by atoms with Crippen molar-refractivity contribution in [2.45, 2.75) is 13.5 Å². The normalized spacial score (nSPS) is 10.4. The summed E-state index contributed by atoms with van der Waals surface area (Å²) in [5.41, 5.74) is 2.35. The maximum absolute atomic E-state index is 12.8. The zero-order valence-electron chi connectivity index (χ0n) is 15.0. The number of imidazole rings is 1. The Kier molecular flexibility index (Phi) is 5.22. The van der Waals surface area contributed by atoms with Crippen LogP contribution in [0.3, 0.4) is 0 Å². The van der Waals surface area contributed by atoms with Crippen LogP contribution in [0.5, 0.6) is 11.5 Å². The van der Waals surface area contributed by atoms with Crippen LogP contribution in [0.2, 0.25) is 0 Å². The van der Waals surface area contributed by atoms with Crippen LogP contribution >= 0.6 is 0 Å². The fourth-order valence-electron chi connectivity index (χ4n) is 2.87. The zero-order valence-corrected chi connectivity index (χ0v) is 15.0. The van der Waals surface area contributed by atoms with Gasteiger partial charge in [-0.3, -0.25) is 4.79 Å². The van der Waals surface area contributed by atoms with Crippen molar-refractivity contribution in [3.63, 3.8) is 0 Å². The van der Waals surface area contributed by atoms with Crippen LogP contribution in [0.4, 0.5) is 0 Å². The van der Waals surface area contributed by atoms with Crippen LogP contribution in [0.1, 0.15) is 21.7 Å². The molecule has 3 aromatic rings. The summed E-state index contributed by atoms with van der Waals surface area (Å²) in [5.74, 6) is 1.58. The molecular formula is C20H21N3O3. The molecule has 0 atom stereocenters. The van der Waals surface area contributed by atoms with Crippen molar-refractivity contribution in [2.75, 3.05) is 14.2 Å². The number of carbonyl (C=O) groups excluding carboxylic acids is 1. The molecule has 26 heavy (non-hydrogen) atoms. The second-order valence-corrected chi connectivity index (χ2v) is 5.69. The number of methoxy groups -OCH3 is 2. The van der Waals surface area contributed by atoms with Gasteiger partial charge >= 0.3 is 0 Å². The third-order valence-electron chi connectivity index (χ3n) is 4.17. The monoisotopic (exact) mass is 351 g/mol. The highest BCUT2D eigenvalue weighted by atomic mass is 16.5. The number of aryl methyl sites for hydroxylation is 1. The molecule has 0 saturated heterocycles. The highest BCUT2D eigenvalue weighted by molar-refractivity contribution is 5.99. The van der Waals surface area contributed by atoms with Crippen molar-refractivity contribution >= 4 is 5.91 Å². The molecule has 0 fully saturated rings. The first kappa shape index (κ1) is 17.5. The van der Waals surface area contributed by atoms with E-state index in [0.29, 0.717) is 23.6 Å². The van der Waals surface area contributed by atoms with E-state index in [4.69, 9.17) is 9.47 Å². The minimum atomic E-state index is -0.253. The van der Waals surface area contributed by atoms with Gasteiger partial charge in [0.2, 0.25) is 0 Å². The zero-order chi connectivity index (χ0) is 18.5. The lowest BCUT2D eigenvalue weighted by Crippen LogP contribution is -2.24. The molecule has 134 valence electrons. The Morgan fingerprint density at radius 2 is 1.77 bits per heavy atom. The van der Waals surface area contributed by atoms with Crippen LogP contribution in [-0.4, -0.2) is 29.7 Å². The van der Waals surface area contributed by atoms with E-state index in [9.17, 15) is 4.79 Å². The van der Waals surface area contributed by atoms with Crippen LogP contribution in [0.15, 0.2) is 54.9 Å². The van der Waals surface area contributed by atoms with Gasteiger partial charge in [-0.1, -0.05) is 24.3 Å². The first-order valence-corrected chi connectivity index (χ1v) is 8.23. The van der Waals surface area contributed by atoms with E-state index < -0.39 is 0 Å².